The predicted molar refractivity (Wildman–Crippen MR) is 114 cm³/mol. The summed E-state index contributed by atoms with van der Waals surface area (Å²) in [7, 11) is 0. The van der Waals surface area contributed by atoms with Crippen molar-refractivity contribution in [3.63, 3.8) is 0 Å². The predicted octanol–water partition coefficient (Wildman–Crippen LogP) is 4.91. The molecule has 142 valence electrons. The van der Waals surface area contributed by atoms with Gasteiger partial charge in [-0.05, 0) is 37.1 Å². The van der Waals surface area contributed by atoms with Crippen molar-refractivity contribution in [2.24, 2.45) is 0 Å². The summed E-state index contributed by atoms with van der Waals surface area (Å²) in [6, 6.07) is 16.5. The highest BCUT2D eigenvalue weighted by molar-refractivity contribution is 7.17. The molecule has 4 rings (SSSR count). The quantitative estimate of drug-likeness (QED) is 0.451. The van der Waals surface area contributed by atoms with E-state index in [0.717, 1.165) is 26.9 Å². The molecular formula is C22H21N3O2S. The minimum atomic E-state index is -0.746. The number of aromatic nitrogens is 2. The van der Waals surface area contributed by atoms with Crippen LogP contribution in [0.3, 0.4) is 0 Å². The van der Waals surface area contributed by atoms with Gasteiger partial charge in [-0.15, -0.1) is 11.3 Å². The number of aliphatic hydroxyl groups excluding tert-OH is 1. The summed E-state index contributed by atoms with van der Waals surface area (Å²) in [6.45, 7) is 3.78. The highest BCUT2D eigenvalue weighted by Crippen LogP contribution is 2.37. The number of aromatic hydroxyl groups is 1. The van der Waals surface area contributed by atoms with E-state index in [1.54, 1.807) is 35.6 Å². The molecule has 6 heteroatoms. The third-order valence-electron chi connectivity index (χ3n) is 4.70. The molecule has 0 unspecified atom stereocenters. The number of nitrogens with one attached hydrogen (secondary N) is 1. The van der Waals surface area contributed by atoms with E-state index >= 15 is 0 Å². The summed E-state index contributed by atoms with van der Waals surface area (Å²) in [5, 5.41) is 26.6. The van der Waals surface area contributed by atoms with E-state index in [2.05, 4.69) is 32.8 Å². The molecule has 0 saturated heterocycles. The Bertz CT molecular complexity index is 1090. The van der Waals surface area contributed by atoms with E-state index in [1.165, 1.54) is 0 Å². The molecule has 0 fully saturated rings. The minimum Gasteiger partial charge on any atom is -0.508 e. The van der Waals surface area contributed by atoms with Crippen molar-refractivity contribution in [1.82, 2.24) is 9.97 Å². The third kappa shape index (κ3) is 3.56. The van der Waals surface area contributed by atoms with Crippen molar-refractivity contribution in [1.29, 1.82) is 0 Å². The number of benzene rings is 2. The van der Waals surface area contributed by atoms with Crippen molar-refractivity contribution in [3.8, 4) is 16.9 Å². The lowest BCUT2D eigenvalue weighted by Gasteiger charge is -2.22. The Labute approximate surface area is 167 Å². The second-order valence-electron chi connectivity index (χ2n) is 6.78. The number of thiophene rings is 1. The van der Waals surface area contributed by atoms with Gasteiger partial charge in [-0.1, -0.05) is 42.5 Å². The first-order chi connectivity index (χ1) is 13.5. The fourth-order valence-corrected chi connectivity index (χ4v) is 4.23. The average molecular weight is 391 g/mol. The highest BCUT2D eigenvalue weighted by atomic mass is 32.1. The van der Waals surface area contributed by atoms with Crippen molar-refractivity contribution in [2.75, 3.05) is 5.32 Å². The molecule has 3 N–H and O–H groups in total. The number of aryl methyl sites for hydroxylation is 1. The van der Waals surface area contributed by atoms with Crippen molar-refractivity contribution < 1.29 is 10.2 Å². The number of hydrogen-bond acceptors (Lipinski definition) is 6. The second kappa shape index (κ2) is 7.58. The van der Waals surface area contributed by atoms with Crippen LogP contribution in [0.25, 0.3) is 21.3 Å². The third-order valence-corrected chi connectivity index (χ3v) is 5.57. The molecule has 0 aliphatic rings. The Balaban J connectivity index is 1.71. The number of fused-ring (bicyclic) bond motifs is 1. The lowest BCUT2D eigenvalue weighted by atomic mass is 10.0. The maximum absolute atomic E-state index is 10.7. The topological polar surface area (TPSA) is 78.3 Å². The fourth-order valence-electron chi connectivity index (χ4n) is 3.24. The number of rotatable bonds is 5. The number of phenolic OH excluding ortho intramolecular Hbond substituents is 1. The first kappa shape index (κ1) is 18.4. The van der Waals surface area contributed by atoms with Crippen LogP contribution in [0.5, 0.6) is 5.75 Å². The van der Waals surface area contributed by atoms with Crippen LogP contribution >= 0.6 is 11.3 Å². The summed E-state index contributed by atoms with van der Waals surface area (Å²) in [4.78, 5) is 10.1. The van der Waals surface area contributed by atoms with E-state index < -0.39 is 6.10 Å². The Hall–Kier alpha value is -2.96. The van der Waals surface area contributed by atoms with Crippen LogP contribution in [-0.4, -0.2) is 26.2 Å². The molecule has 0 radical (unpaired) electrons. The first-order valence-corrected chi connectivity index (χ1v) is 9.95. The maximum Gasteiger partial charge on any atom is 0.139 e. The number of aliphatic hydroxyl groups is 1. The van der Waals surface area contributed by atoms with Crippen LogP contribution < -0.4 is 5.32 Å². The van der Waals surface area contributed by atoms with E-state index in [-0.39, 0.29) is 11.8 Å². The molecule has 4 aromatic rings. The maximum atomic E-state index is 10.7. The number of nitrogens with zero attached hydrogens (tertiary/aromatic N) is 2. The van der Waals surface area contributed by atoms with Gasteiger partial charge >= 0.3 is 0 Å². The average Bonchev–Trinajstić information content (AvgIpc) is 3.12. The van der Waals surface area contributed by atoms with Crippen LogP contribution in [-0.2, 0) is 0 Å². The van der Waals surface area contributed by atoms with Crippen LogP contribution in [0.4, 0.5) is 5.82 Å². The summed E-state index contributed by atoms with van der Waals surface area (Å²) in [5.41, 5.74) is 2.92. The Morgan fingerprint density at radius 1 is 1.00 bits per heavy atom. The molecule has 2 aromatic heterocycles. The molecule has 0 aliphatic carbocycles. The van der Waals surface area contributed by atoms with Gasteiger partial charge in [0, 0.05) is 10.9 Å². The van der Waals surface area contributed by atoms with E-state index in [9.17, 15) is 10.2 Å². The van der Waals surface area contributed by atoms with Crippen molar-refractivity contribution in [3.05, 3.63) is 71.4 Å². The molecule has 0 saturated carbocycles. The van der Waals surface area contributed by atoms with Gasteiger partial charge < -0.3 is 15.5 Å². The number of phenols is 1. The largest absolute Gasteiger partial charge is 0.508 e. The van der Waals surface area contributed by atoms with Gasteiger partial charge in [0.1, 0.15) is 22.2 Å². The molecule has 0 aliphatic heterocycles. The number of anilines is 1. The number of hydrogen-bond donors (Lipinski definition) is 3. The molecule has 28 heavy (non-hydrogen) atoms. The van der Waals surface area contributed by atoms with Gasteiger partial charge in [0.2, 0.25) is 0 Å². The second-order valence-corrected chi connectivity index (χ2v) is 7.64. The van der Waals surface area contributed by atoms with E-state index in [1.807, 2.05) is 32.0 Å². The molecule has 0 spiro atoms. The molecule has 2 atom stereocenters. The molecule has 2 aromatic carbocycles. The van der Waals surface area contributed by atoms with Crippen molar-refractivity contribution >= 4 is 27.4 Å². The zero-order chi connectivity index (χ0) is 19.7. The Kier molecular flexibility index (Phi) is 4.98. The standard InChI is InChI=1S/C22H21N3O2S/c1-13(20(27)16-8-10-17(26)11-9-16)23-21-19-18(15-6-4-3-5-7-15)12-28-22(19)25-14(2)24-21/h3-13,20,26-27H,1-2H3,(H,23,24,25)/t13-,20-/m0/s1. The van der Waals surface area contributed by atoms with Gasteiger partial charge in [-0.3, -0.25) is 0 Å². The minimum absolute atomic E-state index is 0.176. The Morgan fingerprint density at radius 2 is 1.71 bits per heavy atom. The van der Waals surface area contributed by atoms with Crippen LogP contribution in [0.1, 0.15) is 24.4 Å². The normalized spacial score (nSPS) is 13.4. The molecule has 0 amide bonds. The zero-order valence-corrected chi connectivity index (χ0v) is 16.4. The monoisotopic (exact) mass is 391 g/mol. The van der Waals surface area contributed by atoms with E-state index in [0.29, 0.717) is 11.6 Å². The van der Waals surface area contributed by atoms with Gasteiger partial charge in [0.05, 0.1) is 17.5 Å². The van der Waals surface area contributed by atoms with E-state index in [4.69, 9.17) is 0 Å². The zero-order valence-electron chi connectivity index (χ0n) is 15.6. The van der Waals surface area contributed by atoms with Gasteiger partial charge in [0.15, 0.2) is 0 Å². The van der Waals surface area contributed by atoms with Crippen molar-refractivity contribution in [2.45, 2.75) is 26.0 Å². The van der Waals surface area contributed by atoms with Crippen LogP contribution in [0.15, 0.2) is 60.0 Å². The van der Waals surface area contributed by atoms with Crippen LogP contribution in [0, 0.1) is 6.92 Å². The summed E-state index contributed by atoms with van der Waals surface area (Å²) in [6.07, 6.45) is -0.746. The lowest BCUT2D eigenvalue weighted by molar-refractivity contribution is 0.160. The van der Waals surface area contributed by atoms with Gasteiger partial charge in [-0.2, -0.15) is 0 Å². The molecule has 2 heterocycles. The molecular weight excluding hydrogens is 370 g/mol. The van der Waals surface area contributed by atoms with Gasteiger partial charge in [-0.25, -0.2) is 9.97 Å². The Morgan fingerprint density at radius 3 is 2.43 bits per heavy atom. The fraction of sp³-hybridized carbons (Fsp3) is 0.182. The smallest absolute Gasteiger partial charge is 0.139 e. The SMILES string of the molecule is Cc1nc(N[C@@H](C)[C@H](O)c2ccc(O)cc2)c2c(-c3ccccc3)csc2n1. The molecule has 0 bridgehead atoms. The summed E-state index contributed by atoms with van der Waals surface area (Å²) < 4.78 is 0. The molecule has 5 nitrogen and oxygen atoms in total. The summed E-state index contributed by atoms with van der Waals surface area (Å²) in [5.74, 6) is 1.58. The van der Waals surface area contributed by atoms with Crippen LogP contribution in [0.2, 0.25) is 0 Å². The lowest BCUT2D eigenvalue weighted by Crippen LogP contribution is -2.25. The summed E-state index contributed by atoms with van der Waals surface area (Å²) >= 11 is 1.59. The first-order valence-electron chi connectivity index (χ1n) is 9.07. The van der Waals surface area contributed by atoms with Gasteiger partial charge in [0.25, 0.3) is 0 Å². The highest BCUT2D eigenvalue weighted by Gasteiger charge is 2.20.